The summed E-state index contributed by atoms with van der Waals surface area (Å²) < 4.78 is 39.0. The topological polar surface area (TPSA) is 40.5 Å². The van der Waals surface area contributed by atoms with Gasteiger partial charge in [-0.3, -0.25) is 0 Å². The van der Waals surface area contributed by atoms with Gasteiger partial charge in [-0.15, -0.1) is 0 Å². The zero-order valence-corrected chi connectivity index (χ0v) is 11.6. The molecule has 0 fully saturated rings. The summed E-state index contributed by atoms with van der Waals surface area (Å²) in [6.07, 6.45) is -4.52. The highest BCUT2D eigenvalue weighted by Gasteiger charge is 2.33. The summed E-state index contributed by atoms with van der Waals surface area (Å²) in [7, 11) is 0. The fourth-order valence-corrected chi connectivity index (χ4v) is 2.28. The van der Waals surface area contributed by atoms with Crippen LogP contribution in [0.25, 0.3) is 11.1 Å². The van der Waals surface area contributed by atoms with Crippen molar-refractivity contribution in [3.05, 3.63) is 52.6 Å². The molecular weight excluding hydrogens is 281 g/mol. The molecule has 0 aliphatic carbocycles. The molecule has 0 unspecified atom stereocenters. The maximum absolute atomic E-state index is 13.0. The molecule has 2 rings (SSSR count). The Balaban J connectivity index is 2.61. The molecule has 0 atom stereocenters. The molecule has 0 amide bonds. The van der Waals surface area contributed by atoms with Crippen molar-refractivity contribution in [1.82, 2.24) is 0 Å². The number of rotatable bonds is 2. The van der Waals surface area contributed by atoms with Gasteiger partial charge >= 0.3 is 6.18 Å². The number of halogens is 3. The molecule has 2 aromatic carbocycles. The van der Waals surface area contributed by atoms with E-state index >= 15 is 0 Å². The molecule has 0 aliphatic rings. The number of alkyl halides is 3. The van der Waals surface area contributed by atoms with Crippen molar-refractivity contribution in [3.8, 4) is 16.9 Å². The smallest absolute Gasteiger partial charge is 0.416 e. The van der Waals surface area contributed by atoms with E-state index < -0.39 is 18.3 Å². The van der Waals surface area contributed by atoms with Crippen LogP contribution < -0.4 is 0 Å². The van der Waals surface area contributed by atoms with Crippen LogP contribution in [0.2, 0.25) is 0 Å². The maximum Gasteiger partial charge on any atom is 0.416 e. The quantitative estimate of drug-likeness (QED) is 0.872. The van der Waals surface area contributed by atoms with Crippen LogP contribution in [-0.4, -0.2) is 10.2 Å². The number of phenols is 1. The number of hydrogen-bond donors (Lipinski definition) is 2. The number of aryl methyl sites for hydroxylation is 2. The number of benzene rings is 2. The van der Waals surface area contributed by atoms with Gasteiger partial charge in [-0.05, 0) is 59.9 Å². The van der Waals surface area contributed by atoms with Gasteiger partial charge in [0.25, 0.3) is 0 Å². The van der Waals surface area contributed by atoms with Crippen molar-refractivity contribution in [2.45, 2.75) is 26.6 Å². The van der Waals surface area contributed by atoms with Crippen LogP contribution in [0.1, 0.15) is 22.3 Å². The largest absolute Gasteiger partial charge is 0.507 e. The van der Waals surface area contributed by atoms with Crippen molar-refractivity contribution in [3.63, 3.8) is 0 Å². The van der Waals surface area contributed by atoms with Gasteiger partial charge in [-0.2, -0.15) is 13.2 Å². The van der Waals surface area contributed by atoms with E-state index in [1.807, 2.05) is 0 Å². The van der Waals surface area contributed by atoms with E-state index in [0.29, 0.717) is 22.3 Å². The Bertz CT molecular complexity index is 653. The summed E-state index contributed by atoms with van der Waals surface area (Å²) in [5.74, 6) is 0.141. The third kappa shape index (κ3) is 3.03. The van der Waals surface area contributed by atoms with Crippen LogP contribution in [0.4, 0.5) is 13.2 Å². The molecule has 5 heteroatoms. The lowest BCUT2D eigenvalue weighted by atomic mass is 9.96. The van der Waals surface area contributed by atoms with E-state index in [9.17, 15) is 18.3 Å². The highest BCUT2D eigenvalue weighted by molar-refractivity contribution is 5.68. The third-order valence-electron chi connectivity index (χ3n) is 3.41. The van der Waals surface area contributed by atoms with Gasteiger partial charge in [0.1, 0.15) is 5.75 Å². The molecular formula is C16H15F3O2. The van der Waals surface area contributed by atoms with E-state index in [0.717, 1.165) is 6.07 Å². The lowest BCUT2D eigenvalue weighted by Gasteiger charge is -2.14. The van der Waals surface area contributed by atoms with Crippen LogP contribution in [0.3, 0.4) is 0 Å². The molecule has 0 bridgehead atoms. The first-order valence-electron chi connectivity index (χ1n) is 6.35. The van der Waals surface area contributed by atoms with Gasteiger partial charge in [0, 0.05) is 0 Å². The summed E-state index contributed by atoms with van der Waals surface area (Å²) in [5, 5.41) is 18.8. The molecule has 0 heterocycles. The zero-order valence-electron chi connectivity index (χ0n) is 11.6. The Kier molecular flexibility index (Phi) is 3.96. The molecule has 0 aromatic heterocycles. The van der Waals surface area contributed by atoms with Gasteiger partial charge in [0.2, 0.25) is 0 Å². The second-order valence-corrected chi connectivity index (χ2v) is 4.99. The van der Waals surface area contributed by atoms with Gasteiger partial charge < -0.3 is 10.2 Å². The number of hydrogen-bond acceptors (Lipinski definition) is 2. The van der Waals surface area contributed by atoms with E-state index in [4.69, 9.17) is 5.11 Å². The monoisotopic (exact) mass is 296 g/mol. The lowest BCUT2D eigenvalue weighted by Crippen LogP contribution is -2.09. The van der Waals surface area contributed by atoms with Crippen LogP contribution in [0, 0.1) is 13.8 Å². The van der Waals surface area contributed by atoms with Gasteiger partial charge in [0.05, 0.1) is 12.2 Å². The van der Waals surface area contributed by atoms with E-state index in [2.05, 4.69) is 0 Å². The van der Waals surface area contributed by atoms with Gasteiger partial charge in [0.15, 0.2) is 0 Å². The average Bonchev–Trinajstić information content (AvgIpc) is 2.42. The van der Waals surface area contributed by atoms with Crippen molar-refractivity contribution < 1.29 is 23.4 Å². The van der Waals surface area contributed by atoms with Gasteiger partial charge in [-0.25, -0.2) is 0 Å². The van der Waals surface area contributed by atoms with Crippen molar-refractivity contribution in [2.75, 3.05) is 0 Å². The second kappa shape index (κ2) is 5.41. The van der Waals surface area contributed by atoms with Crippen LogP contribution in [-0.2, 0) is 12.8 Å². The number of aliphatic hydroxyl groups excluding tert-OH is 1. The Morgan fingerprint density at radius 3 is 2.00 bits per heavy atom. The minimum absolute atomic E-state index is 0.141. The van der Waals surface area contributed by atoms with E-state index in [1.54, 1.807) is 26.0 Å². The second-order valence-electron chi connectivity index (χ2n) is 4.99. The summed E-state index contributed by atoms with van der Waals surface area (Å²) in [5.41, 5.74) is 1.20. The highest BCUT2D eigenvalue weighted by atomic mass is 19.4. The van der Waals surface area contributed by atoms with Crippen LogP contribution in [0.15, 0.2) is 30.3 Å². The number of phenolic OH excluding ortho intramolecular Hbond substituents is 1. The van der Waals surface area contributed by atoms with Crippen LogP contribution >= 0.6 is 0 Å². The van der Waals surface area contributed by atoms with Gasteiger partial charge in [-0.1, -0.05) is 12.1 Å². The molecule has 21 heavy (non-hydrogen) atoms. The number of aliphatic hydroxyl groups is 1. The van der Waals surface area contributed by atoms with E-state index in [-0.39, 0.29) is 11.3 Å². The SMILES string of the molecule is Cc1cc(-c2ccc(CO)c(C(F)(F)F)c2)cc(C)c1O. The minimum Gasteiger partial charge on any atom is -0.507 e. The Labute approximate surface area is 120 Å². The Hall–Kier alpha value is -2.01. The first kappa shape index (κ1) is 15.4. The van der Waals surface area contributed by atoms with Crippen molar-refractivity contribution in [1.29, 1.82) is 0 Å². The standard InChI is InChI=1S/C16H15F3O2/c1-9-5-13(6-10(2)15(9)21)11-3-4-12(8-20)14(7-11)16(17,18)19/h3-7,20-21H,8H2,1-2H3. The summed E-state index contributed by atoms with van der Waals surface area (Å²) in [4.78, 5) is 0. The molecule has 0 spiro atoms. The first-order valence-corrected chi connectivity index (χ1v) is 6.35. The molecule has 0 saturated carbocycles. The first-order chi connectivity index (χ1) is 9.74. The molecule has 0 aliphatic heterocycles. The lowest BCUT2D eigenvalue weighted by molar-refractivity contribution is -0.138. The highest BCUT2D eigenvalue weighted by Crippen LogP contribution is 2.36. The minimum atomic E-state index is -4.52. The maximum atomic E-state index is 13.0. The Morgan fingerprint density at radius 1 is 0.952 bits per heavy atom. The molecule has 2 N–H and O–H groups in total. The third-order valence-corrected chi connectivity index (χ3v) is 3.41. The molecule has 2 nitrogen and oxygen atoms in total. The predicted octanol–water partition coefficient (Wildman–Crippen LogP) is 4.19. The fraction of sp³-hybridized carbons (Fsp3) is 0.250. The average molecular weight is 296 g/mol. The molecule has 2 aromatic rings. The van der Waals surface area contributed by atoms with Crippen molar-refractivity contribution in [2.24, 2.45) is 0 Å². The normalized spacial score (nSPS) is 11.7. The molecule has 0 radical (unpaired) electrons. The van der Waals surface area contributed by atoms with Crippen molar-refractivity contribution >= 4 is 0 Å². The predicted molar refractivity (Wildman–Crippen MR) is 73.9 cm³/mol. The molecule has 112 valence electrons. The fourth-order valence-electron chi connectivity index (χ4n) is 2.28. The summed E-state index contributed by atoms with van der Waals surface area (Å²) in [6.45, 7) is 2.72. The Morgan fingerprint density at radius 2 is 1.52 bits per heavy atom. The van der Waals surface area contributed by atoms with E-state index in [1.165, 1.54) is 12.1 Å². The summed E-state index contributed by atoms with van der Waals surface area (Å²) in [6, 6.07) is 7.10. The zero-order chi connectivity index (χ0) is 15.8. The number of aromatic hydroxyl groups is 1. The summed E-state index contributed by atoms with van der Waals surface area (Å²) >= 11 is 0. The molecule has 0 saturated heterocycles. The van der Waals surface area contributed by atoms with Crippen LogP contribution in [0.5, 0.6) is 5.75 Å².